The molecule has 3 heterocycles. The van der Waals surface area contributed by atoms with Crippen LogP contribution in [0, 0.1) is 5.92 Å². The van der Waals surface area contributed by atoms with E-state index in [4.69, 9.17) is 21.1 Å². The number of nitrogens with zero attached hydrogens (tertiary/aromatic N) is 3. The van der Waals surface area contributed by atoms with Gasteiger partial charge in [0.25, 0.3) is 0 Å². The van der Waals surface area contributed by atoms with Gasteiger partial charge in [-0.05, 0) is 40.2 Å². The zero-order valence-corrected chi connectivity index (χ0v) is 15.0. The number of hydrogen-bond donors (Lipinski definition) is 1. The van der Waals surface area contributed by atoms with Crippen molar-refractivity contribution in [1.82, 2.24) is 14.5 Å². The minimum absolute atomic E-state index is 0.0240. The minimum atomic E-state index is -0.850. The first-order valence-corrected chi connectivity index (χ1v) is 8.60. The Bertz CT molecular complexity index is 783. The molecular weight excluding hydrogens is 330 g/mol. The maximum atomic E-state index is 10.6. The van der Waals surface area contributed by atoms with Crippen molar-refractivity contribution < 1.29 is 14.6 Å². The minimum Gasteiger partial charge on any atom is -0.390 e. The van der Waals surface area contributed by atoms with E-state index in [0.29, 0.717) is 5.15 Å². The zero-order valence-electron chi connectivity index (χ0n) is 14.2. The van der Waals surface area contributed by atoms with Crippen molar-refractivity contribution in [2.45, 2.75) is 63.8 Å². The van der Waals surface area contributed by atoms with Gasteiger partial charge in [-0.15, -0.1) is 0 Å². The zero-order chi connectivity index (χ0) is 17.3. The largest absolute Gasteiger partial charge is 0.390 e. The van der Waals surface area contributed by atoms with Gasteiger partial charge >= 0.3 is 0 Å². The number of aliphatic hydroxyl groups is 1. The van der Waals surface area contributed by atoms with E-state index in [1.165, 1.54) is 6.33 Å². The van der Waals surface area contributed by atoms with Gasteiger partial charge in [-0.1, -0.05) is 11.6 Å². The van der Waals surface area contributed by atoms with Crippen molar-refractivity contribution in [3.05, 3.63) is 23.7 Å². The number of aromatic nitrogens is 3. The van der Waals surface area contributed by atoms with Crippen LogP contribution in [0.2, 0.25) is 5.15 Å². The molecule has 130 valence electrons. The average Bonchev–Trinajstić information content (AvgIpc) is 3.08. The summed E-state index contributed by atoms with van der Waals surface area (Å²) in [5.41, 5.74) is -0.0692. The molecule has 4 atom stereocenters. The van der Waals surface area contributed by atoms with E-state index in [1.807, 2.05) is 40.0 Å². The molecule has 0 radical (unpaired) electrons. The topological polar surface area (TPSA) is 69.4 Å². The molecule has 1 aliphatic carbocycles. The van der Waals surface area contributed by atoms with E-state index in [2.05, 4.69) is 14.5 Å². The summed E-state index contributed by atoms with van der Waals surface area (Å²) in [7, 11) is 0. The molecule has 24 heavy (non-hydrogen) atoms. The molecule has 2 aromatic heterocycles. The average molecular weight is 352 g/mol. The second kappa shape index (κ2) is 5.14. The van der Waals surface area contributed by atoms with Gasteiger partial charge < -0.3 is 19.1 Å². The molecule has 1 saturated heterocycles. The Morgan fingerprint density at radius 3 is 2.71 bits per heavy atom. The van der Waals surface area contributed by atoms with Gasteiger partial charge in [-0.2, -0.15) is 0 Å². The smallest absolute Gasteiger partial charge is 0.163 e. The van der Waals surface area contributed by atoms with Crippen LogP contribution >= 0.6 is 11.6 Å². The van der Waals surface area contributed by atoms with E-state index >= 15 is 0 Å². The third-order valence-electron chi connectivity index (χ3n) is 5.16. The van der Waals surface area contributed by atoms with E-state index < -0.39 is 11.4 Å². The number of halogens is 1. The van der Waals surface area contributed by atoms with Crippen molar-refractivity contribution >= 4 is 22.6 Å². The third-order valence-corrected chi connectivity index (χ3v) is 5.46. The van der Waals surface area contributed by atoms with Crippen molar-refractivity contribution in [1.29, 1.82) is 0 Å². The lowest BCUT2D eigenvalue weighted by molar-refractivity contribution is -0.169. The maximum Gasteiger partial charge on any atom is 0.163 e. The molecular formula is C17H22ClN3O3. The predicted molar refractivity (Wildman–Crippen MR) is 89.8 cm³/mol. The van der Waals surface area contributed by atoms with Gasteiger partial charge in [0.2, 0.25) is 0 Å². The lowest BCUT2D eigenvalue weighted by atomic mass is 9.87. The molecule has 1 N–H and O–H groups in total. The van der Waals surface area contributed by atoms with Crippen LogP contribution in [0.3, 0.4) is 0 Å². The van der Waals surface area contributed by atoms with Gasteiger partial charge in [0.05, 0.1) is 23.1 Å². The molecule has 7 heteroatoms. The molecule has 0 aromatic carbocycles. The molecule has 2 aromatic rings. The van der Waals surface area contributed by atoms with E-state index in [-0.39, 0.29) is 24.2 Å². The fraction of sp³-hybridized carbons (Fsp3) is 0.647. The highest BCUT2D eigenvalue weighted by Crippen LogP contribution is 2.50. The van der Waals surface area contributed by atoms with Crippen LogP contribution in [-0.2, 0) is 9.47 Å². The Kier molecular flexibility index (Phi) is 3.49. The molecule has 0 spiro atoms. The molecule has 0 amide bonds. The number of fused-ring (bicyclic) bond motifs is 2. The van der Waals surface area contributed by atoms with Crippen molar-refractivity contribution in [3.8, 4) is 0 Å². The molecule has 0 bridgehead atoms. The van der Waals surface area contributed by atoms with E-state index in [0.717, 1.165) is 17.5 Å². The van der Waals surface area contributed by atoms with Crippen LogP contribution in [0.15, 0.2) is 18.6 Å². The number of ether oxygens (including phenoxy) is 2. The van der Waals surface area contributed by atoms with Crippen molar-refractivity contribution in [2.24, 2.45) is 5.92 Å². The number of hydrogen-bond acceptors (Lipinski definition) is 5. The summed E-state index contributed by atoms with van der Waals surface area (Å²) in [5.74, 6) is -0.684. The molecule has 1 saturated carbocycles. The summed E-state index contributed by atoms with van der Waals surface area (Å²) in [6.07, 6.45) is 3.90. The van der Waals surface area contributed by atoms with Crippen LogP contribution in [-0.4, -0.2) is 43.2 Å². The highest BCUT2D eigenvalue weighted by molar-refractivity contribution is 6.33. The van der Waals surface area contributed by atoms with E-state index in [9.17, 15) is 5.11 Å². The monoisotopic (exact) mass is 351 g/mol. The molecule has 6 nitrogen and oxygen atoms in total. The van der Waals surface area contributed by atoms with Crippen molar-refractivity contribution in [3.63, 3.8) is 0 Å². The summed E-state index contributed by atoms with van der Waals surface area (Å²) in [5, 5.41) is 11.9. The summed E-state index contributed by atoms with van der Waals surface area (Å²) in [6.45, 7) is 7.49. The summed E-state index contributed by atoms with van der Waals surface area (Å²) in [6, 6.07) is 1.95. The summed E-state index contributed by atoms with van der Waals surface area (Å²) >= 11 is 6.17. The molecule has 2 aliphatic rings. The lowest BCUT2D eigenvalue weighted by Gasteiger charge is -2.31. The Labute approximate surface area is 145 Å². The van der Waals surface area contributed by atoms with Gasteiger partial charge in [0, 0.05) is 12.1 Å². The van der Waals surface area contributed by atoms with Crippen LogP contribution < -0.4 is 0 Å². The predicted octanol–water partition coefficient (Wildman–Crippen LogP) is 2.94. The molecule has 2 fully saturated rings. The quantitative estimate of drug-likeness (QED) is 0.842. The van der Waals surface area contributed by atoms with Gasteiger partial charge in [0.15, 0.2) is 5.79 Å². The lowest BCUT2D eigenvalue weighted by Crippen LogP contribution is -2.39. The first kappa shape index (κ1) is 16.3. The van der Waals surface area contributed by atoms with Crippen molar-refractivity contribution in [2.75, 3.05) is 0 Å². The number of rotatable bonds is 2. The highest BCUT2D eigenvalue weighted by Gasteiger charge is 2.57. The molecule has 1 unspecified atom stereocenters. The molecule has 1 aliphatic heterocycles. The fourth-order valence-corrected chi connectivity index (χ4v) is 4.32. The standard InChI is InChI=1S/C17H22ClN3O3/c1-16(2,22)10-7-11(13-12(10)23-17(3,4)24-13)21-6-5-9-14(18)19-8-20-15(9)21/h5-6,8,10-13,22H,7H2,1-4H3/t10?,11-,12-,13+/m1/s1. The third kappa shape index (κ3) is 2.44. The van der Waals surface area contributed by atoms with Gasteiger partial charge in [-0.3, -0.25) is 0 Å². The first-order chi connectivity index (χ1) is 11.2. The summed E-state index contributed by atoms with van der Waals surface area (Å²) < 4.78 is 14.4. The maximum absolute atomic E-state index is 10.6. The Morgan fingerprint density at radius 1 is 1.29 bits per heavy atom. The Balaban J connectivity index is 1.78. The van der Waals surface area contributed by atoms with E-state index in [1.54, 1.807) is 0 Å². The van der Waals surface area contributed by atoms with Crippen LogP contribution in [0.1, 0.15) is 40.2 Å². The second-order valence-corrected chi connectivity index (χ2v) is 8.11. The van der Waals surface area contributed by atoms with Crippen LogP contribution in [0.25, 0.3) is 11.0 Å². The van der Waals surface area contributed by atoms with Crippen LogP contribution in [0.5, 0.6) is 0 Å². The Hall–Kier alpha value is -1.21. The fourth-order valence-electron chi connectivity index (χ4n) is 4.12. The highest BCUT2D eigenvalue weighted by atomic mass is 35.5. The summed E-state index contributed by atoms with van der Waals surface area (Å²) in [4.78, 5) is 8.43. The van der Waals surface area contributed by atoms with Crippen LogP contribution in [0.4, 0.5) is 0 Å². The first-order valence-electron chi connectivity index (χ1n) is 8.22. The van der Waals surface area contributed by atoms with Gasteiger partial charge in [0.1, 0.15) is 23.2 Å². The van der Waals surface area contributed by atoms with Gasteiger partial charge in [-0.25, -0.2) is 9.97 Å². The normalized spacial score (nSPS) is 32.4. The second-order valence-electron chi connectivity index (χ2n) is 7.75. The molecule has 4 rings (SSSR count). The SMILES string of the molecule is CC1(C)O[C@@H]2[C@H](O1)C(C(C)(C)O)C[C@H]2n1ccc2c(Cl)ncnc21. The Morgan fingerprint density at radius 2 is 2.00 bits per heavy atom.